The smallest absolute Gasteiger partial charge is 0.145 e. The minimum absolute atomic E-state index is 0.125. The minimum Gasteiger partial charge on any atom is -0.492 e. The first-order chi connectivity index (χ1) is 18.9. The second-order valence-electron chi connectivity index (χ2n) is 8.32. The average molecular weight is 509 g/mol. The zero-order chi connectivity index (χ0) is 25.8. The fraction of sp³-hybridized carbons (Fsp3) is 0.200. The molecule has 1 heterocycles. The van der Waals surface area contributed by atoms with E-state index in [0.29, 0.717) is 55.1 Å². The average Bonchev–Trinajstić information content (AvgIpc) is 2.96. The number of fused-ring (bicyclic) bond motifs is 4. The lowest BCUT2D eigenvalue weighted by Crippen LogP contribution is -2.17. The van der Waals surface area contributed by atoms with Gasteiger partial charge >= 0.3 is 0 Å². The molecule has 0 spiro atoms. The van der Waals surface area contributed by atoms with Crippen molar-refractivity contribution in [2.24, 2.45) is 15.0 Å². The van der Waals surface area contributed by atoms with E-state index in [1.54, 1.807) is 6.34 Å². The van der Waals surface area contributed by atoms with Gasteiger partial charge in [0, 0.05) is 0 Å². The summed E-state index contributed by atoms with van der Waals surface area (Å²) in [5, 5.41) is 3.24. The van der Waals surface area contributed by atoms with Gasteiger partial charge in [-0.1, -0.05) is 48.6 Å². The SMILES string of the molecule is C1=Nc2ccccc2OCCOC2=CC=CCC2N=CNc2ccccc2OCCOc2ccccc2N=1. The van der Waals surface area contributed by atoms with Crippen molar-refractivity contribution in [2.45, 2.75) is 12.5 Å². The molecule has 0 amide bonds. The van der Waals surface area contributed by atoms with Crippen LogP contribution in [0.5, 0.6) is 17.2 Å². The molecule has 0 fully saturated rings. The first-order valence-corrected chi connectivity index (χ1v) is 12.5. The zero-order valence-electron chi connectivity index (χ0n) is 20.8. The first kappa shape index (κ1) is 24.9. The number of anilines is 1. The third-order valence-corrected chi connectivity index (χ3v) is 5.73. The molecule has 0 aromatic heterocycles. The number of para-hydroxylation sites is 6. The van der Waals surface area contributed by atoms with E-state index in [2.05, 4.69) is 32.4 Å². The Bertz CT molecular complexity index is 1390. The minimum atomic E-state index is -0.125. The van der Waals surface area contributed by atoms with Crippen LogP contribution in [0, 0.1) is 0 Å². The lowest BCUT2D eigenvalue weighted by atomic mass is 10.1. The van der Waals surface area contributed by atoms with Crippen molar-refractivity contribution in [1.82, 2.24) is 0 Å². The predicted molar refractivity (Wildman–Crippen MR) is 149 cm³/mol. The van der Waals surface area contributed by atoms with Crippen LogP contribution in [0.25, 0.3) is 0 Å². The number of aliphatic imine (C=N–C) groups is 3. The van der Waals surface area contributed by atoms with Crippen molar-refractivity contribution in [3.05, 3.63) is 96.8 Å². The maximum Gasteiger partial charge on any atom is 0.145 e. The standard InChI is InChI=1S/C30H28N4O4/c1-5-13-27-23(9-1)31-21-32-24-10-2-6-14-28(24)37-19-20-38-30-16-8-4-12-26(30)34-22-33-25-11-3-7-15-29(25)36-18-17-35-27/h1-11,13-16,22,26H,12,17-20H2,(H,33,34). The van der Waals surface area contributed by atoms with Crippen LogP contribution in [0.3, 0.4) is 0 Å². The second kappa shape index (κ2) is 12.9. The Kier molecular flexibility index (Phi) is 8.47. The van der Waals surface area contributed by atoms with Gasteiger partial charge in [-0.3, -0.25) is 4.99 Å². The van der Waals surface area contributed by atoms with Gasteiger partial charge in [0.2, 0.25) is 0 Å². The lowest BCUT2D eigenvalue weighted by molar-refractivity contribution is 0.145. The van der Waals surface area contributed by atoms with E-state index in [1.807, 2.05) is 84.9 Å². The van der Waals surface area contributed by atoms with E-state index in [4.69, 9.17) is 18.9 Å². The highest BCUT2D eigenvalue weighted by Gasteiger charge is 2.15. The summed E-state index contributed by atoms with van der Waals surface area (Å²) in [6.45, 7) is 1.40. The quantitative estimate of drug-likeness (QED) is 0.383. The molecule has 8 heteroatoms. The molecule has 192 valence electrons. The Hall–Kier alpha value is -4.81. The van der Waals surface area contributed by atoms with Crippen LogP contribution in [-0.4, -0.2) is 44.8 Å². The summed E-state index contributed by atoms with van der Waals surface area (Å²) in [7, 11) is 0. The van der Waals surface area contributed by atoms with Crippen molar-refractivity contribution >= 4 is 29.4 Å². The van der Waals surface area contributed by atoms with Gasteiger partial charge in [0.25, 0.3) is 0 Å². The normalized spacial score (nSPS) is 17.6. The first-order valence-electron chi connectivity index (χ1n) is 12.5. The van der Waals surface area contributed by atoms with Crippen LogP contribution in [0.1, 0.15) is 6.42 Å². The molecule has 3 aromatic rings. The molecule has 0 saturated heterocycles. The van der Waals surface area contributed by atoms with Crippen LogP contribution >= 0.6 is 0 Å². The number of nitrogens with zero attached hydrogens (tertiary/aromatic N) is 3. The number of rotatable bonds is 0. The Morgan fingerprint density at radius 3 is 1.97 bits per heavy atom. The van der Waals surface area contributed by atoms with Crippen LogP contribution in [-0.2, 0) is 4.74 Å². The fourth-order valence-electron chi connectivity index (χ4n) is 3.88. The number of benzene rings is 3. The molecule has 1 N–H and O–H groups in total. The van der Waals surface area contributed by atoms with Crippen LogP contribution in [0.4, 0.5) is 17.1 Å². The Morgan fingerprint density at radius 2 is 1.26 bits per heavy atom. The highest BCUT2D eigenvalue weighted by Crippen LogP contribution is 2.29. The van der Waals surface area contributed by atoms with Crippen LogP contribution in [0.2, 0.25) is 0 Å². The van der Waals surface area contributed by atoms with Gasteiger partial charge in [-0.25, -0.2) is 0 Å². The predicted octanol–water partition coefficient (Wildman–Crippen LogP) is 6.34. The Morgan fingerprint density at radius 1 is 0.684 bits per heavy atom. The second-order valence-corrected chi connectivity index (χ2v) is 8.32. The molecular weight excluding hydrogens is 480 g/mol. The zero-order valence-corrected chi connectivity index (χ0v) is 20.8. The topological polar surface area (TPSA) is 86.0 Å². The molecule has 1 aliphatic heterocycles. The molecule has 3 aromatic carbocycles. The lowest BCUT2D eigenvalue weighted by Gasteiger charge is -2.19. The number of nitrogens with one attached hydrogen (secondary N) is 1. The summed E-state index contributed by atoms with van der Waals surface area (Å²) in [6.07, 6.45) is 8.42. The molecule has 8 nitrogen and oxygen atoms in total. The van der Waals surface area contributed by atoms with Crippen LogP contribution < -0.4 is 19.5 Å². The molecule has 1 unspecified atom stereocenters. The molecule has 0 bridgehead atoms. The molecule has 0 radical (unpaired) electrons. The van der Waals surface area contributed by atoms with Gasteiger partial charge in [-0.2, -0.15) is 9.98 Å². The molecule has 1 aliphatic carbocycles. The molecule has 1 atom stereocenters. The maximum absolute atomic E-state index is 6.02. The monoisotopic (exact) mass is 508 g/mol. The van der Waals surface area contributed by atoms with E-state index in [9.17, 15) is 0 Å². The van der Waals surface area contributed by atoms with Crippen molar-refractivity contribution in [3.8, 4) is 17.2 Å². The highest BCUT2D eigenvalue weighted by atomic mass is 16.5. The van der Waals surface area contributed by atoms with E-state index in [1.165, 1.54) is 0 Å². The van der Waals surface area contributed by atoms with E-state index in [0.717, 1.165) is 17.9 Å². The third kappa shape index (κ3) is 6.69. The number of hydrogen-bond donors (Lipinski definition) is 1. The van der Waals surface area contributed by atoms with Crippen molar-refractivity contribution in [3.63, 3.8) is 0 Å². The van der Waals surface area contributed by atoms with E-state index in [-0.39, 0.29) is 6.04 Å². The van der Waals surface area contributed by atoms with Crippen molar-refractivity contribution < 1.29 is 18.9 Å². The number of ether oxygens (including phenoxy) is 4. The number of allylic oxidation sites excluding steroid dienone is 2. The molecule has 5 rings (SSSR count). The largest absolute Gasteiger partial charge is 0.492 e. The van der Waals surface area contributed by atoms with Gasteiger partial charge < -0.3 is 24.3 Å². The van der Waals surface area contributed by atoms with Crippen molar-refractivity contribution in [2.75, 3.05) is 31.7 Å². The summed E-state index contributed by atoms with van der Waals surface area (Å²) in [5.74, 6) is 2.73. The number of hydrogen-bond acceptors (Lipinski definition) is 8. The maximum atomic E-state index is 6.02. The molecule has 0 saturated carbocycles. The van der Waals surface area contributed by atoms with Crippen molar-refractivity contribution in [1.29, 1.82) is 0 Å². The van der Waals surface area contributed by atoms with Gasteiger partial charge in [-0.05, 0) is 48.9 Å². The summed E-state index contributed by atoms with van der Waals surface area (Å²) in [4.78, 5) is 13.4. The summed E-state index contributed by atoms with van der Waals surface area (Å²) in [6, 6.07) is 25.3. The Balaban J connectivity index is 1.39. The summed E-state index contributed by atoms with van der Waals surface area (Å²) < 4.78 is 23.9. The fourth-order valence-corrected chi connectivity index (χ4v) is 3.88. The van der Waals surface area contributed by atoms with Gasteiger partial charge in [0.1, 0.15) is 72.9 Å². The van der Waals surface area contributed by atoms with Gasteiger partial charge in [0.05, 0.1) is 12.0 Å². The van der Waals surface area contributed by atoms with E-state index >= 15 is 0 Å². The molecule has 38 heavy (non-hydrogen) atoms. The molecular formula is C30H28N4O4. The summed E-state index contributed by atoms with van der Waals surface area (Å²) in [5.41, 5.74) is 2.05. The van der Waals surface area contributed by atoms with E-state index < -0.39 is 0 Å². The van der Waals surface area contributed by atoms with Gasteiger partial charge in [0.15, 0.2) is 0 Å². The summed E-state index contributed by atoms with van der Waals surface area (Å²) >= 11 is 0. The van der Waals surface area contributed by atoms with Crippen LogP contribution in [0.15, 0.2) is 112 Å². The highest BCUT2D eigenvalue weighted by molar-refractivity contribution is 5.79. The van der Waals surface area contributed by atoms with Gasteiger partial charge in [-0.15, -0.1) is 0 Å². The Labute approximate surface area is 221 Å². The third-order valence-electron chi connectivity index (χ3n) is 5.73. The molecule has 2 aliphatic rings.